The molecule has 0 atom stereocenters. The van der Waals surface area contributed by atoms with Crippen molar-refractivity contribution in [3.8, 4) is 0 Å². The zero-order valence-electron chi connectivity index (χ0n) is 11.2. The van der Waals surface area contributed by atoms with Crippen molar-refractivity contribution < 1.29 is 4.79 Å². The van der Waals surface area contributed by atoms with Crippen LogP contribution in [0.1, 0.15) is 44.5 Å². The first-order chi connectivity index (χ1) is 7.81. The second-order valence-corrected chi connectivity index (χ2v) is 5.38. The van der Waals surface area contributed by atoms with Gasteiger partial charge in [0.05, 0.1) is 5.56 Å². The third-order valence-corrected chi connectivity index (χ3v) is 2.41. The molecule has 0 aliphatic rings. The fourth-order valence-electron chi connectivity index (χ4n) is 1.46. The number of nitrogens with zero attached hydrogens (tertiary/aromatic N) is 1. The largest absolute Gasteiger partial charge is 0.349 e. The van der Waals surface area contributed by atoms with Gasteiger partial charge in [0.2, 0.25) is 0 Å². The lowest BCUT2D eigenvalue weighted by Crippen LogP contribution is -2.40. The highest BCUT2D eigenvalue weighted by Gasteiger charge is 2.15. The number of rotatable bonds is 4. The van der Waals surface area contributed by atoms with E-state index in [-0.39, 0.29) is 11.4 Å². The maximum Gasteiger partial charge on any atom is 0.253 e. The average Bonchev–Trinajstić information content (AvgIpc) is 2.63. The summed E-state index contributed by atoms with van der Waals surface area (Å²) in [6, 6.07) is 1.84. The van der Waals surface area contributed by atoms with Gasteiger partial charge in [-0.05, 0) is 33.3 Å². The molecule has 0 aliphatic heterocycles. The van der Waals surface area contributed by atoms with E-state index in [4.69, 9.17) is 0 Å². The third-order valence-electron chi connectivity index (χ3n) is 2.41. The molecule has 1 aromatic rings. The summed E-state index contributed by atoms with van der Waals surface area (Å²) in [7, 11) is 0. The lowest BCUT2D eigenvalue weighted by molar-refractivity contribution is 0.0919. The van der Waals surface area contributed by atoms with Crippen LogP contribution < -0.4 is 5.32 Å². The SMILES string of the molecule is C=C(CC)Cn1ccc(C(=O)NC(C)(C)C)c1. The third kappa shape index (κ3) is 4.47. The molecule has 1 N–H and O–H groups in total. The Morgan fingerprint density at radius 3 is 2.65 bits per heavy atom. The summed E-state index contributed by atoms with van der Waals surface area (Å²) >= 11 is 0. The zero-order chi connectivity index (χ0) is 13.1. The highest BCUT2D eigenvalue weighted by Crippen LogP contribution is 2.08. The zero-order valence-corrected chi connectivity index (χ0v) is 11.2. The van der Waals surface area contributed by atoms with Gasteiger partial charge >= 0.3 is 0 Å². The van der Waals surface area contributed by atoms with Crippen LogP contribution in [0.4, 0.5) is 0 Å². The van der Waals surface area contributed by atoms with E-state index >= 15 is 0 Å². The molecule has 3 nitrogen and oxygen atoms in total. The van der Waals surface area contributed by atoms with Crippen molar-refractivity contribution in [2.45, 2.75) is 46.2 Å². The van der Waals surface area contributed by atoms with E-state index in [0.29, 0.717) is 5.56 Å². The van der Waals surface area contributed by atoms with Crippen molar-refractivity contribution in [2.75, 3.05) is 0 Å². The highest BCUT2D eigenvalue weighted by molar-refractivity contribution is 5.94. The van der Waals surface area contributed by atoms with E-state index in [9.17, 15) is 4.79 Å². The number of amides is 1. The van der Waals surface area contributed by atoms with Crippen LogP contribution in [-0.2, 0) is 6.54 Å². The number of hydrogen-bond donors (Lipinski definition) is 1. The lowest BCUT2D eigenvalue weighted by Gasteiger charge is -2.19. The Bertz CT molecular complexity index is 410. The van der Waals surface area contributed by atoms with Gasteiger partial charge in [0.25, 0.3) is 5.91 Å². The molecule has 0 saturated carbocycles. The minimum atomic E-state index is -0.202. The molecule has 17 heavy (non-hydrogen) atoms. The van der Waals surface area contributed by atoms with Gasteiger partial charge in [0.15, 0.2) is 0 Å². The fraction of sp³-hybridized carbons (Fsp3) is 0.500. The van der Waals surface area contributed by atoms with Gasteiger partial charge < -0.3 is 9.88 Å². The van der Waals surface area contributed by atoms with Gasteiger partial charge in [-0.1, -0.05) is 19.1 Å². The maximum atomic E-state index is 11.9. The molecule has 1 amide bonds. The molecule has 1 aromatic heterocycles. The standard InChI is InChI=1S/C14H22N2O/c1-6-11(2)9-16-8-7-12(10-16)13(17)15-14(3,4)5/h7-8,10H,2,6,9H2,1,3-5H3,(H,15,17). The normalized spacial score (nSPS) is 11.3. The second-order valence-electron chi connectivity index (χ2n) is 5.38. The van der Waals surface area contributed by atoms with Gasteiger partial charge in [-0.3, -0.25) is 4.79 Å². The molecule has 3 heteroatoms. The fourth-order valence-corrected chi connectivity index (χ4v) is 1.46. The molecule has 0 aliphatic carbocycles. The molecular formula is C14H22N2O. The van der Waals surface area contributed by atoms with Crippen LogP contribution in [0.5, 0.6) is 0 Å². The predicted octanol–water partition coefficient (Wildman–Crippen LogP) is 2.98. The van der Waals surface area contributed by atoms with E-state index in [1.165, 1.54) is 0 Å². The molecule has 0 aromatic carbocycles. The molecule has 0 unspecified atom stereocenters. The molecule has 0 saturated heterocycles. The number of aromatic nitrogens is 1. The quantitative estimate of drug-likeness (QED) is 0.798. The van der Waals surface area contributed by atoms with Crippen molar-refractivity contribution >= 4 is 5.91 Å². The first-order valence-corrected chi connectivity index (χ1v) is 5.97. The van der Waals surface area contributed by atoms with E-state index in [1.54, 1.807) is 0 Å². The molecule has 0 radical (unpaired) electrons. The number of carbonyl (C=O) groups is 1. The summed E-state index contributed by atoms with van der Waals surface area (Å²) in [4.78, 5) is 11.9. The topological polar surface area (TPSA) is 34.0 Å². The minimum Gasteiger partial charge on any atom is -0.349 e. The first kappa shape index (κ1) is 13.6. The van der Waals surface area contributed by atoms with E-state index in [1.807, 2.05) is 43.8 Å². The van der Waals surface area contributed by atoms with E-state index < -0.39 is 0 Å². The maximum absolute atomic E-state index is 11.9. The predicted molar refractivity (Wildman–Crippen MR) is 71.1 cm³/mol. The molecular weight excluding hydrogens is 212 g/mol. The Morgan fingerprint density at radius 2 is 2.12 bits per heavy atom. The summed E-state index contributed by atoms with van der Waals surface area (Å²) in [5, 5.41) is 2.94. The van der Waals surface area contributed by atoms with Crippen LogP contribution in [0, 0.1) is 0 Å². The Kier molecular flexibility index (Phi) is 4.16. The minimum absolute atomic E-state index is 0.0293. The molecule has 1 rings (SSSR count). The van der Waals surface area contributed by atoms with E-state index in [0.717, 1.165) is 18.5 Å². The number of allylic oxidation sites excluding steroid dienone is 1. The van der Waals surface area contributed by atoms with Crippen molar-refractivity contribution in [1.29, 1.82) is 0 Å². The lowest BCUT2D eigenvalue weighted by atomic mass is 10.1. The van der Waals surface area contributed by atoms with Gasteiger partial charge in [0, 0.05) is 24.5 Å². The highest BCUT2D eigenvalue weighted by atomic mass is 16.1. The number of nitrogens with one attached hydrogen (secondary N) is 1. The van der Waals surface area contributed by atoms with Crippen molar-refractivity contribution in [2.24, 2.45) is 0 Å². The number of hydrogen-bond acceptors (Lipinski definition) is 1. The average molecular weight is 234 g/mol. The Morgan fingerprint density at radius 1 is 1.47 bits per heavy atom. The molecule has 0 fully saturated rings. The van der Waals surface area contributed by atoms with Gasteiger partial charge in [-0.15, -0.1) is 0 Å². The molecule has 0 bridgehead atoms. The Hall–Kier alpha value is -1.51. The smallest absolute Gasteiger partial charge is 0.253 e. The van der Waals surface area contributed by atoms with Crippen LogP contribution in [0.2, 0.25) is 0 Å². The van der Waals surface area contributed by atoms with Crippen LogP contribution in [0.25, 0.3) is 0 Å². The second kappa shape index (κ2) is 5.21. The summed E-state index contributed by atoms with van der Waals surface area (Å²) in [5.74, 6) is -0.0293. The summed E-state index contributed by atoms with van der Waals surface area (Å²) in [6.45, 7) is 12.7. The molecule has 0 spiro atoms. The summed E-state index contributed by atoms with van der Waals surface area (Å²) < 4.78 is 1.99. The first-order valence-electron chi connectivity index (χ1n) is 5.97. The van der Waals surface area contributed by atoms with Crippen LogP contribution in [0.3, 0.4) is 0 Å². The van der Waals surface area contributed by atoms with Gasteiger partial charge in [-0.25, -0.2) is 0 Å². The number of carbonyl (C=O) groups excluding carboxylic acids is 1. The van der Waals surface area contributed by atoms with Gasteiger partial charge in [-0.2, -0.15) is 0 Å². The molecule has 94 valence electrons. The van der Waals surface area contributed by atoms with E-state index in [2.05, 4.69) is 18.8 Å². The monoisotopic (exact) mass is 234 g/mol. The molecule has 1 heterocycles. The Labute approximate surface area is 104 Å². The van der Waals surface area contributed by atoms with Crippen molar-refractivity contribution in [3.05, 3.63) is 36.2 Å². The van der Waals surface area contributed by atoms with Crippen LogP contribution in [0.15, 0.2) is 30.6 Å². The summed E-state index contributed by atoms with van der Waals surface area (Å²) in [6.07, 6.45) is 4.74. The van der Waals surface area contributed by atoms with Crippen molar-refractivity contribution in [3.63, 3.8) is 0 Å². The van der Waals surface area contributed by atoms with Crippen molar-refractivity contribution in [1.82, 2.24) is 9.88 Å². The summed E-state index contributed by atoms with van der Waals surface area (Å²) in [5.41, 5.74) is 1.65. The van der Waals surface area contributed by atoms with Crippen LogP contribution >= 0.6 is 0 Å². The van der Waals surface area contributed by atoms with Gasteiger partial charge in [0.1, 0.15) is 0 Å². The Balaban J connectivity index is 2.68. The van der Waals surface area contributed by atoms with Crippen LogP contribution in [-0.4, -0.2) is 16.0 Å².